The van der Waals surface area contributed by atoms with Gasteiger partial charge in [0.2, 0.25) is 0 Å². The molecule has 0 aliphatic heterocycles. The summed E-state index contributed by atoms with van der Waals surface area (Å²) in [7, 11) is 0. The Labute approximate surface area is 90.0 Å². The molecule has 3 nitrogen and oxygen atoms in total. The van der Waals surface area contributed by atoms with Crippen LogP contribution in [-0.2, 0) is 9.53 Å². The summed E-state index contributed by atoms with van der Waals surface area (Å²) in [5.41, 5.74) is 0. The molecule has 0 amide bonds. The molecule has 82 valence electrons. The zero-order valence-corrected chi connectivity index (χ0v) is 9.10. The van der Waals surface area contributed by atoms with Crippen molar-refractivity contribution in [3.8, 4) is 5.75 Å². The number of carbonyl (C=O) groups excluding carboxylic acids is 1. The van der Waals surface area contributed by atoms with Crippen LogP contribution in [0.2, 0.25) is 0 Å². The van der Waals surface area contributed by atoms with Crippen molar-refractivity contribution in [2.75, 3.05) is 6.61 Å². The monoisotopic (exact) mass is 208 g/mol. The average molecular weight is 208 g/mol. The summed E-state index contributed by atoms with van der Waals surface area (Å²) in [6.07, 6.45) is 0.772. The van der Waals surface area contributed by atoms with Gasteiger partial charge in [-0.15, -0.1) is 0 Å². The minimum Gasteiger partial charge on any atom is -0.482 e. The van der Waals surface area contributed by atoms with Crippen molar-refractivity contribution < 1.29 is 14.3 Å². The number of ether oxygens (including phenoxy) is 2. The highest BCUT2D eigenvalue weighted by atomic mass is 16.6. The van der Waals surface area contributed by atoms with Crippen LogP contribution in [0.15, 0.2) is 30.3 Å². The number of benzene rings is 1. The van der Waals surface area contributed by atoms with Gasteiger partial charge < -0.3 is 9.47 Å². The van der Waals surface area contributed by atoms with Gasteiger partial charge >= 0.3 is 5.97 Å². The summed E-state index contributed by atoms with van der Waals surface area (Å²) < 4.78 is 10.3. The molecule has 1 aromatic carbocycles. The molecule has 0 aliphatic carbocycles. The molecule has 0 fully saturated rings. The molecule has 0 spiro atoms. The maximum Gasteiger partial charge on any atom is 0.344 e. The fourth-order valence-electron chi connectivity index (χ4n) is 1.00. The van der Waals surface area contributed by atoms with Crippen LogP contribution >= 0.6 is 0 Å². The zero-order chi connectivity index (χ0) is 11.1. The first-order valence-electron chi connectivity index (χ1n) is 5.09. The van der Waals surface area contributed by atoms with Crippen LogP contribution in [-0.4, -0.2) is 18.7 Å². The van der Waals surface area contributed by atoms with Crippen molar-refractivity contribution >= 4 is 5.97 Å². The lowest BCUT2D eigenvalue weighted by Crippen LogP contribution is -2.20. The van der Waals surface area contributed by atoms with E-state index in [1.807, 2.05) is 32.0 Å². The minimum atomic E-state index is -0.326. The molecule has 0 saturated carbocycles. The molecule has 1 rings (SSSR count). The Hall–Kier alpha value is -1.51. The molecule has 3 heteroatoms. The molecule has 0 radical (unpaired) electrons. The van der Waals surface area contributed by atoms with Crippen LogP contribution in [0, 0.1) is 0 Å². The zero-order valence-electron chi connectivity index (χ0n) is 9.10. The second-order valence-corrected chi connectivity index (χ2v) is 3.31. The highest BCUT2D eigenvalue weighted by Crippen LogP contribution is 2.08. The molecule has 1 atom stereocenters. The van der Waals surface area contributed by atoms with Gasteiger partial charge in [-0.1, -0.05) is 25.1 Å². The van der Waals surface area contributed by atoms with Crippen molar-refractivity contribution in [3.05, 3.63) is 30.3 Å². The van der Waals surface area contributed by atoms with E-state index in [1.54, 1.807) is 12.1 Å². The molecular formula is C12H16O3. The maximum atomic E-state index is 11.2. The lowest BCUT2D eigenvalue weighted by atomic mass is 10.3. The third-order valence-corrected chi connectivity index (χ3v) is 2.01. The Morgan fingerprint density at radius 3 is 2.60 bits per heavy atom. The normalized spacial score (nSPS) is 11.9. The first-order chi connectivity index (χ1) is 7.22. The van der Waals surface area contributed by atoms with Gasteiger partial charge in [0.25, 0.3) is 0 Å². The minimum absolute atomic E-state index is 0.0334. The lowest BCUT2D eigenvalue weighted by Gasteiger charge is -2.11. The average Bonchev–Trinajstić information content (AvgIpc) is 2.27. The van der Waals surface area contributed by atoms with Crippen LogP contribution in [0.1, 0.15) is 20.3 Å². The maximum absolute atomic E-state index is 11.2. The predicted molar refractivity (Wildman–Crippen MR) is 57.8 cm³/mol. The molecule has 0 aromatic heterocycles. The Bertz CT molecular complexity index is 295. The second kappa shape index (κ2) is 6.06. The summed E-state index contributed by atoms with van der Waals surface area (Å²) in [6.45, 7) is 3.80. The molecule has 1 unspecified atom stereocenters. The van der Waals surface area contributed by atoms with Crippen LogP contribution < -0.4 is 4.74 Å². The van der Waals surface area contributed by atoms with Crippen molar-refractivity contribution in [2.24, 2.45) is 0 Å². The first kappa shape index (κ1) is 11.6. The fourth-order valence-corrected chi connectivity index (χ4v) is 1.00. The molecule has 0 heterocycles. The van der Waals surface area contributed by atoms with E-state index in [1.165, 1.54) is 0 Å². The van der Waals surface area contributed by atoms with Crippen molar-refractivity contribution in [2.45, 2.75) is 26.4 Å². The third-order valence-electron chi connectivity index (χ3n) is 2.01. The van der Waals surface area contributed by atoms with Gasteiger partial charge in [0.05, 0.1) is 6.10 Å². The molecule has 0 saturated heterocycles. The van der Waals surface area contributed by atoms with Gasteiger partial charge in [-0.3, -0.25) is 0 Å². The third kappa shape index (κ3) is 4.49. The molecule has 0 aliphatic rings. The van der Waals surface area contributed by atoms with E-state index in [0.29, 0.717) is 5.75 Å². The Balaban J connectivity index is 2.29. The molecule has 1 aromatic rings. The summed E-state index contributed by atoms with van der Waals surface area (Å²) >= 11 is 0. The largest absolute Gasteiger partial charge is 0.482 e. The number of rotatable bonds is 5. The topological polar surface area (TPSA) is 35.5 Å². The predicted octanol–water partition coefficient (Wildman–Crippen LogP) is 2.41. The van der Waals surface area contributed by atoms with Crippen LogP contribution in [0.4, 0.5) is 0 Å². The number of esters is 1. The van der Waals surface area contributed by atoms with Crippen molar-refractivity contribution in [1.82, 2.24) is 0 Å². The highest BCUT2D eigenvalue weighted by Gasteiger charge is 2.07. The molecular weight excluding hydrogens is 192 g/mol. The second-order valence-electron chi connectivity index (χ2n) is 3.31. The van der Waals surface area contributed by atoms with Gasteiger partial charge in [0, 0.05) is 0 Å². The SMILES string of the molecule is CCC(C)OC(=O)COc1ccccc1. The first-order valence-corrected chi connectivity index (χ1v) is 5.09. The highest BCUT2D eigenvalue weighted by molar-refractivity contribution is 5.71. The number of hydrogen-bond acceptors (Lipinski definition) is 3. The van der Waals surface area contributed by atoms with Crippen LogP contribution in [0.3, 0.4) is 0 Å². The fraction of sp³-hybridized carbons (Fsp3) is 0.417. The Morgan fingerprint density at radius 2 is 2.00 bits per heavy atom. The Kier molecular flexibility index (Phi) is 4.68. The standard InChI is InChI=1S/C12H16O3/c1-3-10(2)15-12(13)9-14-11-7-5-4-6-8-11/h4-8,10H,3,9H2,1-2H3. The van der Waals surface area contributed by atoms with Gasteiger partial charge in [0.15, 0.2) is 6.61 Å². The van der Waals surface area contributed by atoms with E-state index in [-0.39, 0.29) is 18.7 Å². The van der Waals surface area contributed by atoms with E-state index in [0.717, 1.165) is 6.42 Å². The van der Waals surface area contributed by atoms with E-state index < -0.39 is 0 Å². The lowest BCUT2D eigenvalue weighted by molar-refractivity contribution is -0.150. The van der Waals surface area contributed by atoms with Gasteiger partial charge in [-0.2, -0.15) is 0 Å². The molecule has 15 heavy (non-hydrogen) atoms. The smallest absolute Gasteiger partial charge is 0.344 e. The quantitative estimate of drug-likeness (QED) is 0.697. The summed E-state index contributed by atoms with van der Waals surface area (Å²) in [5.74, 6) is 0.354. The van der Waals surface area contributed by atoms with E-state index >= 15 is 0 Å². The summed E-state index contributed by atoms with van der Waals surface area (Å²) in [6, 6.07) is 9.21. The molecule has 0 N–H and O–H groups in total. The van der Waals surface area contributed by atoms with Gasteiger partial charge in [-0.05, 0) is 25.5 Å². The van der Waals surface area contributed by atoms with Crippen LogP contribution in [0.25, 0.3) is 0 Å². The molecule has 0 bridgehead atoms. The van der Waals surface area contributed by atoms with Crippen molar-refractivity contribution in [3.63, 3.8) is 0 Å². The summed E-state index contributed by atoms with van der Waals surface area (Å²) in [4.78, 5) is 11.2. The van der Waals surface area contributed by atoms with Gasteiger partial charge in [-0.25, -0.2) is 4.79 Å². The Morgan fingerprint density at radius 1 is 1.33 bits per heavy atom. The van der Waals surface area contributed by atoms with E-state index in [4.69, 9.17) is 9.47 Å². The van der Waals surface area contributed by atoms with Crippen LogP contribution in [0.5, 0.6) is 5.75 Å². The number of hydrogen-bond donors (Lipinski definition) is 0. The van der Waals surface area contributed by atoms with E-state index in [9.17, 15) is 4.79 Å². The summed E-state index contributed by atoms with van der Waals surface area (Å²) in [5, 5.41) is 0. The van der Waals surface area contributed by atoms with Gasteiger partial charge in [0.1, 0.15) is 5.75 Å². The van der Waals surface area contributed by atoms with E-state index in [2.05, 4.69) is 0 Å². The number of carbonyl (C=O) groups is 1. The number of para-hydroxylation sites is 1. The van der Waals surface area contributed by atoms with Crippen molar-refractivity contribution in [1.29, 1.82) is 0 Å².